The number of aliphatic carboxylic acids is 1. The summed E-state index contributed by atoms with van der Waals surface area (Å²) < 4.78 is 73.6. The Labute approximate surface area is 198 Å². The molecular formula is C19H20F6N8O3. The molecule has 1 aliphatic heterocycles. The molecule has 0 aliphatic carbocycles. The number of alkyl halides is 6. The van der Waals surface area contributed by atoms with Gasteiger partial charge in [0, 0.05) is 39.1 Å². The van der Waals surface area contributed by atoms with E-state index in [-0.39, 0.29) is 11.2 Å². The quantitative estimate of drug-likeness (QED) is 0.447. The fourth-order valence-corrected chi connectivity index (χ4v) is 3.25. The summed E-state index contributed by atoms with van der Waals surface area (Å²) in [7, 11) is 1.35. The van der Waals surface area contributed by atoms with E-state index in [9.17, 15) is 31.1 Å². The fourth-order valence-electron chi connectivity index (χ4n) is 3.25. The van der Waals surface area contributed by atoms with Crippen molar-refractivity contribution in [2.45, 2.75) is 18.8 Å². The van der Waals surface area contributed by atoms with Crippen molar-refractivity contribution in [3.63, 3.8) is 0 Å². The molecule has 3 N–H and O–H groups in total. The Balaban J connectivity index is 0.000000454. The standard InChI is InChI=1S/C17H19F3N8O.C2HF3O2/c1-26-10-12(14(25-26)17(18,19)20)23-16(29)11-9-22-28-7-3-13(24-15(11)28)27-6-2-4-21-5-8-27;3-2(4,5)1(6)7/h3,7,9-10,21H,2,4-6,8H2,1H3,(H,23,29);(H,6,7). The zero-order chi connectivity index (χ0) is 26.7. The number of nitrogens with one attached hydrogen (secondary N) is 2. The van der Waals surface area contributed by atoms with Gasteiger partial charge in [0.1, 0.15) is 11.4 Å². The number of amides is 1. The average molecular weight is 522 g/mol. The molecule has 1 amide bonds. The average Bonchev–Trinajstić information content (AvgIpc) is 3.25. The Morgan fingerprint density at radius 3 is 2.47 bits per heavy atom. The molecule has 0 radical (unpaired) electrons. The van der Waals surface area contributed by atoms with Crippen LogP contribution in [0, 0.1) is 0 Å². The van der Waals surface area contributed by atoms with E-state index in [1.54, 1.807) is 12.3 Å². The van der Waals surface area contributed by atoms with Crippen molar-refractivity contribution >= 4 is 29.0 Å². The number of carbonyl (C=O) groups excluding carboxylic acids is 1. The summed E-state index contributed by atoms with van der Waals surface area (Å²) in [5.41, 5.74) is -1.22. The zero-order valence-electron chi connectivity index (χ0n) is 18.6. The molecule has 3 aromatic rings. The molecule has 17 heteroatoms. The molecule has 0 aromatic carbocycles. The van der Waals surface area contributed by atoms with Crippen LogP contribution in [0.15, 0.2) is 24.7 Å². The summed E-state index contributed by atoms with van der Waals surface area (Å²) in [6.07, 6.45) is -4.74. The van der Waals surface area contributed by atoms with E-state index in [1.807, 2.05) is 0 Å². The van der Waals surface area contributed by atoms with E-state index in [1.165, 1.54) is 17.8 Å². The number of carboxylic acid groups (broad SMARTS) is 1. The number of aryl methyl sites for hydroxylation is 1. The minimum absolute atomic E-state index is 0.0803. The van der Waals surface area contributed by atoms with Gasteiger partial charge < -0.3 is 20.6 Å². The smallest absolute Gasteiger partial charge is 0.475 e. The Morgan fingerprint density at radius 2 is 1.83 bits per heavy atom. The number of fused-ring (bicyclic) bond motifs is 1. The molecule has 0 unspecified atom stereocenters. The number of anilines is 2. The van der Waals surface area contributed by atoms with E-state index >= 15 is 0 Å². The summed E-state index contributed by atoms with van der Waals surface area (Å²) in [6, 6.07) is 1.80. The van der Waals surface area contributed by atoms with Crippen molar-refractivity contribution in [2.75, 3.05) is 36.4 Å². The predicted molar refractivity (Wildman–Crippen MR) is 113 cm³/mol. The van der Waals surface area contributed by atoms with Crippen LogP contribution in [0.1, 0.15) is 22.5 Å². The summed E-state index contributed by atoms with van der Waals surface area (Å²) in [5.74, 6) is -2.80. The van der Waals surface area contributed by atoms with Crippen molar-refractivity contribution in [3.8, 4) is 0 Å². The van der Waals surface area contributed by atoms with Gasteiger partial charge in [-0.25, -0.2) is 14.3 Å². The minimum Gasteiger partial charge on any atom is -0.475 e. The van der Waals surface area contributed by atoms with Gasteiger partial charge in [-0.1, -0.05) is 0 Å². The van der Waals surface area contributed by atoms with Crippen molar-refractivity contribution in [2.24, 2.45) is 7.05 Å². The first-order chi connectivity index (χ1) is 16.8. The summed E-state index contributed by atoms with van der Waals surface area (Å²) in [6.45, 7) is 3.33. The van der Waals surface area contributed by atoms with E-state index < -0.39 is 35.6 Å². The maximum atomic E-state index is 13.1. The third kappa shape index (κ3) is 6.41. The van der Waals surface area contributed by atoms with Crippen LogP contribution in [0.4, 0.5) is 37.8 Å². The van der Waals surface area contributed by atoms with Crippen LogP contribution in [-0.2, 0) is 18.0 Å². The molecule has 196 valence electrons. The van der Waals surface area contributed by atoms with Gasteiger partial charge in [0.05, 0.1) is 11.9 Å². The van der Waals surface area contributed by atoms with E-state index in [0.29, 0.717) is 5.82 Å². The molecule has 0 saturated carbocycles. The van der Waals surface area contributed by atoms with Gasteiger partial charge in [-0.2, -0.15) is 36.5 Å². The molecule has 0 atom stereocenters. The molecule has 0 spiro atoms. The van der Waals surface area contributed by atoms with Crippen molar-refractivity contribution in [3.05, 3.63) is 35.9 Å². The zero-order valence-corrected chi connectivity index (χ0v) is 18.6. The molecule has 0 bridgehead atoms. The molecule has 3 aromatic heterocycles. The van der Waals surface area contributed by atoms with Crippen molar-refractivity contribution in [1.82, 2.24) is 29.7 Å². The summed E-state index contributed by atoms with van der Waals surface area (Å²) in [5, 5.41) is 20.2. The lowest BCUT2D eigenvalue weighted by Gasteiger charge is -2.20. The second kappa shape index (κ2) is 10.4. The Hall–Kier alpha value is -3.89. The third-order valence-corrected chi connectivity index (χ3v) is 4.85. The Kier molecular flexibility index (Phi) is 7.71. The van der Waals surface area contributed by atoms with Crippen LogP contribution in [0.25, 0.3) is 5.65 Å². The minimum atomic E-state index is -5.08. The Bertz CT molecular complexity index is 1230. The largest absolute Gasteiger partial charge is 0.490 e. The molecule has 11 nitrogen and oxygen atoms in total. The topological polar surface area (TPSA) is 130 Å². The lowest BCUT2D eigenvalue weighted by Crippen LogP contribution is -2.28. The molecule has 1 aliphatic rings. The summed E-state index contributed by atoms with van der Waals surface area (Å²) in [4.78, 5) is 28.2. The highest BCUT2D eigenvalue weighted by Crippen LogP contribution is 2.33. The monoisotopic (exact) mass is 522 g/mol. The first-order valence-corrected chi connectivity index (χ1v) is 10.3. The number of hydrogen-bond donors (Lipinski definition) is 3. The SMILES string of the molecule is Cn1cc(NC(=O)c2cnn3ccc(N4CCCNCC4)nc23)c(C(F)(F)F)n1.O=C(O)C(F)(F)F. The van der Waals surface area contributed by atoms with Gasteiger partial charge in [0.2, 0.25) is 0 Å². The van der Waals surface area contributed by atoms with Crippen molar-refractivity contribution in [1.29, 1.82) is 0 Å². The van der Waals surface area contributed by atoms with Crippen LogP contribution >= 0.6 is 0 Å². The van der Waals surface area contributed by atoms with Gasteiger partial charge in [-0.3, -0.25) is 9.48 Å². The fraction of sp³-hybridized carbons (Fsp3) is 0.421. The second-order valence-electron chi connectivity index (χ2n) is 7.52. The number of halogens is 6. The molecule has 4 rings (SSSR count). The number of carbonyl (C=O) groups is 2. The van der Waals surface area contributed by atoms with Gasteiger partial charge in [-0.15, -0.1) is 0 Å². The maximum Gasteiger partial charge on any atom is 0.490 e. The van der Waals surface area contributed by atoms with Crippen LogP contribution in [0.5, 0.6) is 0 Å². The highest BCUT2D eigenvalue weighted by atomic mass is 19.4. The van der Waals surface area contributed by atoms with E-state index in [2.05, 4.69) is 30.7 Å². The highest BCUT2D eigenvalue weighted by Gasteiger charge is 2.38. The van der Waals surface area contributed by atoms with E-state index in [0.717, 1.165) is 43.5 Å². The number of hydrogen-bond acceptors (Lipinski definition) is 7. The van der Waals surface area contributed by atoms with Crippen molar-refractivity contribution < 1.29 is 41.0 Å². The first kappa shape index (κ1) is 26.7. The number of carboxylic acids is 1. The van der Waals surface area contributed by atoms with Crippen LogP contribution < -0.4 is 15.5 Å². The van der Waals surface area contributed by atoms with Gasteiger partial charge >= 0.3 is 18.3 Å². The van der Waals surface area contributed by atoms with Gasteiger partial charge in [-0.05, 0) is 19.0 Å². The molecule has 36 heavy (non-hydrogen) atoms. The summed E-state index contributed by atoms with van der Waals surface area (Å²) >= 11 is 0. The highest BCUT2D eigenvalue weighted by molar-refractivity contribution is 6.08. The second-order valence-corrected chi connectivity index (χ2v) is 7.52. The lowest BCUT2D eigenvalue weighted by atomic mass is 10.3. The Morgan fingerprint density at radius 1 is 1.14 bits per heavy atom. The normalized spacial score (nSPS) is 14.7. The number of nitrogens with zero attached hydrogens (tertiary/aromatic N) is 6. The van der Waals surface area contributed by atoms with Crippen LogP contribution in [0.2, 0.25) is 0 Å². The van der Waals surface area contributed by atoms with Crippen LogP contribution in [0.3, 0.4) is 0 Å². The number of aromatic nitrogens is 5. The molecule has 1 saturated heterocycles. The predicted octanol–water partition coefficient (Wildman–Crippen LogP) is 2.17. The van der Waals surface area contributed by atoms with E-state index in [4.69, 9.17) is 9.90 Å². The molecule has 4 heterocycles. The maximum absolute atomic E-state index is 13.1. The molecular weight excluding hydrogens is 502 g/mol. The van der Waals surface area contributed by atoms with Gasteiger partial charge in [0.25, 0.3) is 5.91 Å². The first-order valence-electron chi connectivity index (χ1n) is 10.3. The number of rotatable bonds is 3. The lowest BCUT2D eigenvalue weighted by molar-refractivity contribution is -0.192. The third-order valence-electron chi connectivity index (χ3n) is 4.85. The van der Waals surface area contributed by atoms with Crippen LogP contribution in [-0.4, -0.2) is 73.7 Å². The van der Waals surface area contributed by atoms with Gasteiger partial charge in [0.15, 0.2) is 11.3 Å². The molecule has 1 fully saturated rings.